The normalized spacial score (nSPS) is 17.8. The quantitative estimate of drug-likeness (QED) is 0.187. The fourth-order valence-electron chi connectivity index (χ4n) is 6.01. The maximum atomic E-state index is 13.9. The van der Waals surface area contributed by atoms with Gasteiger partial charge in [0.1, 0.15) is 5.60 Å². The van der Waals surface area contributed by atoms with Crippen LogP contribution in [0.1, 0.15) is 63.3 Å². The summed E-state index contributed by atoms with van der Waals surface area (Å²) in [5.74, 6) is 0.337. The maximum Gasteiger partial charge on any atom is 0.416 e. The van der Waals surface area contributed by atoms with E-state index in [-0.39, 0.29) is 17.6 Å². The van der Waals surface area contributed by atoms with E-state index in [1.165, 1.54) is 10.0 Å². The third-order valence-corrected chi connectivity index (χ3v) is 9.73. The van der Waals surface area contributed by atoms with Gasteiger partial charge in [-0.05, 0) is 71.7 Å². The molecule has 9 nitrogen and oxygen atoms in total. The van der Waals surface area contributed by atoms with Gasteiger partial charge in [0.2, 0.25) is 5.95 Å². The average Bonchev–Trinajstić information content (AvgIpc) is 3.40. The number of rotatable bonds is 6. The Morgan fingerprint density at radius 1 is 0.938 bits per heavy atom. The van der Waals surface area contributed by atoms with Crippen LogP contribution in [0.15, 0.2) is 66.0 Å². The van der Waals surface area contributed by atoms with Gasteiger partial charge in [-0.3, -0.25) is 8.96 Å². The van der Waals surface area contributed by atoms with E-state index in [1.54, 1.807) is 30.7 Å². The highest BCUT2D eigenvalue weighted by Crippen LogP contribution is 2.39. The van der Waals surface area contributed by atoms with Gasteiger partial charge in [0.15, 0.2) is 11.0 Å². The number of alkyl halides is 3. The van der Waals surface area contributed by atoms with Crippen LogP contribution < -0.4 is 10.6 Å². The monoisotopic (exact) mass is 678 g/mol. The lowest BCUT2D eigenvalue weighted by Crippen LogP contribution is -2.50. The van der Waals surface area contributed by atoms with Crippen LogP contribution in [0.3, 0.4) is 0 Å². The maximum absolute atomic E-state index is 13.9. The van der Waals surface area contributed by atoms with Crippen molar-refractivity contribution in [2.75, 3.05) is 5.32 Å². The third kappa shape index (κ3) is 7.01. The second kappa shape index (κ2) is 12.8. The van der Waals surface area contributed by atoms with Crippen LogP contribution in [0.25, 0.3) is 32.9 Å². The van der Waals surface area contributed by atoms with Gasteiger partial charge in [-0.2, -0.15) is 13.2 Å². The number of aryl methyl sites for hydroxylation is 2. The molecule has 0 aliphatic heterocycles. The minimum atomic E-state index is -4.59. The summed E-state index contributed by atoms with van der Waals surface area (Å²) in [5.41, 5.74) is 1.95. The molecular weight excluding hydrogens is 641 g/mol. The van der Waals surface area contributed by atoms with Gasteiger partial charge in [0, 0.05) is 52.2 Å². The first-order valence-electron chi connectivity index (χ1n) is 15.8. The molecule has 0 radical (unpaired) electrons. The van der Waals surface area contributed by atoms with E-state index in [4.69, 9.17) is 9.72 Å². The van der Waals surface area contributed by atoms with Crippen molar-refractivity contribution in [1.82, 2.24) is 24.2 Å². The van der Waals surface area contributed by atoms with Gasteiger partial charge >= 0.3 is 12.3 Å². The first-order chi connectivity index (χ1) is 22.7. The molecule has 1 amide bonds. The Labute approximate surface area is 278 Å². The molecule has 3 heterocycles. The van der Waals surface area contributed by atoms with E-state index in [2.05, 4.69) is 20.6 Å². The van der Waals surface area contributed by atoms with E-state index >= 15 is 0 Å². The Morgan fingerprint density at radius 2 is 1.65 bits per heavy atom. The molecular formula is C35H37F3N6O3S. The number of nitrogens with zero attached hydrogens (tertiary/aromatic N) is 4. The van der Waals surface area contributed by atoms with Crippen LogP contribution in [0.5, 0.6) is 0 Å². The molecule has 48 heavy (non-hydrogen) atoms. The predicted octanol–water partition coefficient (Wildman–Crippen LogP) is 8.10. The summed E-state index contributed by atoms with van der Waals surface area (Å²) in [4.78, 5) is 27.1. The van der Waals surface area contributed by atoms with E-state index in [9.17, 15) is 22.2 Å². The molecule has 1 saturated carbocycles. The fourth-order valence-corrected chi connectivity index (χ4v) is 7.13. The molecule has 0 saturated heterocycles. The van der Waals surface area contributed by atoms with Crippen LogP contribution in [0, 0.1) is 13.8 Å². The van der Waals surface area contributed by atoms with Crippen molar-refractivity contribution in [3.05, 3.63) is 77.9 Å². The van der Waals surface area contributed by atoms with Gasteiger partial charge in [-0.15, -0.1) is 0 Å². The highest BCUT2D eigenvalue weighted by atomic mass is 32.2. The second-order valence-corrected chi connectivity index (χ2v) is 14.5. The number of hydrogen-bond acceptors (Lipinski definition) is 7. The molecule has 252 valence electrons. The van der Waals surface area contributed by atoms with Crippen molar-refractivity contribution in [2.45, 2.75) is 89.1 Å². The van der Waals surface area contributed by atoms with Crippen molar-refractivity contribution in [3.8, 4) is 11.1 Å². The number of amides is 1. The standard InChI is InChI=1S/C35H37F3N6O3S/c1-20-10-13-23(14-11-20)48(46)44-19-27(24-15-12-22(16-30(24)44)35(36,37)38)26-18-39-21(2)25-17-40-32(43-31(25)26)41-28-8-6-7-9-29(28)42-33(45)47-34(3,4)5/h10-19,28-29H,6-9H2,1-5H3,(H,42,45)(H,40,41,43). The van der Waals surface area contributed by atoms with E-state index in [0.717, 1.165) is 43.4 Å². The molecule has 3 atom stereocenters. The number of fused-ring (bicyclic) bond motifs is 2. The Kier molecular flexibility index (Phi) is 8.92. The van der Waals surface area contributed by atoms with Crippen molar-refractivity contribution in [1.29, 1.82) is 0 Å². The number of alkyl carbamates (subject to hydrolysis) is 1. The number of ether oxygens (including phenoxy) is 1. The van der Waals surface area contributed by atoms with E-state index in [0.29, 0.717) is 44.0 Å². The van der Waals surface area contributed by atoms with Crippen LogP contribution in [0.2, 0.25) is 0 Å². The van der Waals surface area contributed by atoms with Crippen molar-refractivity contribution in [3.63, 3.8) is 0 Å². The highest BCUT2D eigenvalue weighted by Gasteiger charge is 2.32. The summed E-state index contributed by atoms with van der Waals surface area (Å²) in [6, 6.07) is 10.1. The summed E-state index contributed by atoms with van der Waals surface area (Å²) < 4.78 is 62.3. The Bertz CT molecular complexity index is 2020. The van der Waals surface area contributed by atoms with Crippen molar-refractivity contribution >= 4 is 44.8 Å². The molecule has 13 heteroatoms. The number of anilines is 1. The number of aromatic nitrogens is 4. The summed E-state index contributed by atoms with van der Waals surface area (Å²) in [7, 11) is -1.84. The van der Waals surface area contributed by atoms with Crippen LogP contribution in [0.4, 0.5) is 23.9 Å². The predicted molar refractivity (Wildman–Crippen MR) is 180 cm³/mol. The molecule has 5 aromatic rings. The van der Waals surface area contributed by atoms with Crippen LogP contribution in [-0.2, 0) is 21.9 Å². The smallest absolute Gasteiger partial charge is 0.416 e. The zero-order chi connectivity index (χ0) is 34.4. The van der Waals surface area contributed by atoms with Gasteiger partial charge in [-0.25, -0.2) is 19.0 Å². The third-order valence-electron chi connectivity index (χ3n) is 8.39. The summed E-state index contributed by atoms with van der Waals surface area (Å²) >= 11 is 0. The van der Waals surface area contributed by atoms with Crippen molar-refractivity contribution in [2.24, 2.45) is 0 Å². The number of halogens is 3. The molecule has 2 aromatic carbocycles. The van der Waals surface area contributed by atoms with Gasteiger partial charge in [-0.1, -0.05) is 36.6 Å². The zero-order valence-electron chi connectivity index (χ0n) is 27.3. The Balaban J connectivity index is 1.43. The average molecular weight is 679 g/mol. The Morgan fingerprint density at radius 3 is 2.33 bits per heavy atom. The lowest BCUT2D eigenvalue weighted by atomic mass is 9.90. The SMILES string of the molecule is Cc1ccc(S(=O)n2cc(-c3cnc(C)c4cnc(NC5CCCCC5NC(=O)OC(C)(C)C)nc34)c3ccc(C(F)(F)F)cc32)cc1. The lowest BCUT2D eigenvalue weighted by Gasteiger charge is -2.33. The molecule has 1 aliphatic rings. The largest absolute Gasteiger partial charge is 0.444 e. The fraction of sp³-hybridized carbons (Fsp3) is 0.371. The highest BCUT2D eigenvalue weighted by molar-refractivity contribution is 7.83. The number of hydrogen-bond donors (Lipinski definition) is 2. The second-order valence-electron chi connectivity index (χ2n) is 13.2. The lowest BCUT2D eigenvalue weighted by molar-refractivity contribution is -0.137. The van der Waals surface area contributed by atoms with Gasteiger partial charge in [0.25, 0.3) is 0 Å². The van der Waals surface area contributed by atoms with Gasteiger partial charge < -0.3 is 15.4 Å². The minimum absolute atomic E-state index is 0.158. The van der Waals surface area contributed by atoms with E-state index < -0.39 is 34.4 Å². The number of carbonyl (C=O) groups excluding carboxylic acids is 1. The topological polar surface area (TPSA) is 111 Å². The molecule has 0 spiro atoms. The van der Waals surface area contributed by atoms with E-state index in [1.807, 2.05) is 46.8 Å². The molecule has 1 fully saturated rings. The number of pyridine rings is 1. The Hall–Kier alpha value is -4.52. The number of nitrogens with one attached hydrogen (secondary N) is 2. The van der Waals surface area contributed by atoms with Crippen molar-refractivity contribution < 1.29 is 26.9 Å². The molecule has 1 aliphatic carbocycles. The molecule has 3 aromatic heterocycles. The molecule has 0 bridgehead atoms. The summed E-state index contributed by atoms with van der Waals surface area (Å²) in [6.07, 6.45) is 3.28. The first kappa shape index (κ1) is 33.4. The summed E-state index contributed by atoms with van der Waals surface area (Å²) in [6.45, 7) is 9.17. The molecule has 3 unspecified atom stereocenters. The number of benzene rings is 2. The molecule has 6 rings (SSSR count). The summed E-state index contributed by atoms with van der Waals surface area (Å²) in [5, 5.41) is 7.54. The number of carbonyl (C=O) groups is 1. The minimum Gasteiger partial charge on any atom is -0.444 e. The van der Waals surface area contributed by atoms with Crippen LogP contribution >= 0.6 is 0 Å². The molecule has 2 N–H and O–H groups in total. The first-order valence-corrected chi connectivity index (χ1v) is 16.9. The van der Waals surface area contributed by atoms with Crippen LogP contribution in [-0.4, -0.2) is 46.9 Å². The van der Waals surface area contributed by atoms with Gasteiger partial charge in [0.05, 0.1) is 27.5 Å². The zero-order valence-corrected chi connectivity index (χ0v) is 28.1.